The molecule has 2 aromatic heterocycles. The van der Waals surface area contributed by atoms with Gasteiger partial charge in [-0.1, -0.05) is 29.8 Å². The number of rotatable bonds is 5. The zero-order valence-corrected chi connectivity index (χ0v) is 14.7. The predicted octanol–water partition coefficient (Wildman–Crippen LogP) is 5.70. The Morgan fingerprint density at radius 2 is 1.88 bits per heavy atom. The Kier molecular flexibility index (Phi) is 4.59. The minimum Gasteiger partial charge on any atom is -0.457 e. The van der Waals surface area contributed by atoms with Crippen LogP contribution in [0.5, 0.6) is 11.5 Å². The van der Waals surface area contributed by atoms with Gasteiger partial charge in [-0.2, -0.15) is 0 Å². The van der Waals surface area contributed by atoms with E-state index >= 15 is 0 Å². The number of pyridine rings is 1. The van der Waals surface area contributed by atoms with Gasteiger partial charge in [0.05, 0.1) is 16.8 Å². The lowest BCUT2D eigenvalue weighted by Crippen LogP contribution is -1.84. The van der Waals surface area contributed by atoms with Gasteiger partial charge < -0.3 is 9.72 Å². The molecule has 0 fully saturated rings. The second kappa shape index (κ2) is 7.17. The summed E-state index contributed by atoms with van der Waals surface area (Å²) in [7, 11) is 0. The maximum absolute atomic E-state index is 5.91. The number of aromatic nitrogens is 3. The van der Waals surface area contributed by atoms with Crippen molar-refractivity contribution in [3.8, 4) is 11.5 Å². The number of para-hydroxylation sites is 1. The molecule has 2 aromatic carbocycles. The van der Waals surface area contributed by atoms with Gasteiger partial charge in [-0.25, -0.2) is 9.97 Å². The summed E-state index contributed by atoms with van der Waals surface area (Å²) in [5.41, 5.74) is 1.88. The second-order valence-corrected chi connectivity index (χ2v) is 6.82. The molecule has 4 aromatic rings. The topological polar surface area (TPSA) is 50.8 Å². The molecule has 0 aliphatic heterocycles. The van der Waals surface area contributed by atoms with Crippen molar-refractivity contribution in [3.05, 3.63) is 77.8 Å². The average molecular weight is 368 g/mol. The predicted molar refractivity (Wildman–Crippen MR) is 101 cm³/mol. The summed E-state index contributed by atoms with van der Waals surface area (Å²) >= 11 is 7.57. The fraction of sp³-hybridized carbons (Fsp3) is 0.0526. The van der Waals surface area contributed by atoms with Crippen LogP contribution in [0.2, 0.25) is 5.15 Å². The van der Waals surface area contributed by atoms with E-state index in [9.17, 15) is 0 Å². The summed E-state index contributed by atoms with van der Waals surface area (Å²) < 4.78 is 5.86. The summed E-state index contributed by atoms with van der Waals surface area (Å²) in [4.78, 5) is 13.0. The van der Waals surface area contributed by atoms with Crippen molar-refractivity contribution in [1.82, 2.24) is 15.0 Å². The molecule has 0 spiro atoms. The van der Waals surface area contributed by atoms with E-state index in [-0.39, 0.29) is 0 Å². The van der Waals surface area contributed by atoms with Crippen LogP contribution >= 0.6 is 23.4 Å². The number of hydrogen-bond donors (Lipinski definition) is 1. The van der Waals surface area contributed by atoms with Gasteiger partial charge >= 0.3 is 0 Å². The molecule has 4 nitrogen and oxygen atoms in total. The normalized spacial score (nSPS) is 10.9. The van der Waals surface area contributed by atoms with Crippen molar-refractivity contribution in [2.45, 2.75) is 10.6 Å². The van der Waals surface area contributed by atoms with E-state index in [0.717, 1.165) is 39.0 Å². The summed E-state index contributed by atoms with van der Waals surface area (Å²) in [6.45, 7) is 0. The van der Waals surface area contributed by atoms with Crippen LogP contribution in [0.4, 0.5) is 0 Å². The van der Waals surface area contributed by atoms with Gasteiger partial charge in [0, 0.05) is 17.2 Å². The Bertz CT molecular complexity index is 1000. The first-order valence-electron chi connectivity index (χ1n) is 7.72. The molecule has 1 N–H and O–H groups in total. The van der Waals surface area contributed by atoms with Gasteiger partial charge in [0.15, 0.2) is 0 Å². The molecule has 0 bridgehead atoms. The number of thioether (sulfide) groups is 1. The Morgan fingerprint density at radius 1 is 1.00 bits per heavy atom. The molecule has 0 atom stereocenters. The number of aromatic amines is 1. The molecule has 4 rings (SSSR count). The van der Waals surface area contributed by atoms with Crippen molar-refractivity contribution in [2.75, 3.05) is 0 Å². The summed E-state index contributed by atoms with van der Waals surface area (Å²) in [5, 5.41) is 0.498. The van der Waals surface area contributed by atoms with E-state index in [1.165, 1.54) is 0 Å². The van der Waals surface area contributed by atoms with Crippen LogP contribution in [0.3, 0.4) is 0 Å². The van der Waals surface area contributed by atoms with Gasteiger partial charge in [0.1, 0.15) is 22.5 Å². The number of halogens is 1. The number of ether oxygens (including phenoxy) is 1. The zero-order chi connectivity index (χ0) is 17.1. The van der Waals surface area contributed by atoms with Gasteiger partial charge in [-0.05, 0) is 36.4 Å². The molecular weight excluding hydrogens is 354 g/mol. The lowest BCUT2D eigenvalue weighted by molar-refractivity contribution is 0.483. The summed E-state index contributed by atoms with van der Waals surface area (Å²) in [6.07, 6.45) is 1.70. The number of benzene rings is 2. The SMILES string of the molecule is Clc1cc(SCc2nc3cc(Oc4ccccc4)ccc3[nH]2)ccn1. The molecule has 6 heteroatoms. The standard InChI is InChI=1S/C19H14ClN3OS/c20-18-11-15(8-9-21-18)25-12-19-22-16-7-6-14(10-17(16)23-19)24-13-4-2-1-3-5-13/h1-11H,12H2,(H,22,23). The van der Waals surface area contributed by atoms with Crippen molar-refractivity contribution in [3.63, 3.8) is 0 Å². The van der Waals surface area contributed by atoms with Gasteiger partial charge in [0.2, 0.25) is 0 Å². The number of imidazole rings is 1. The van der Waals surface area contributed by atoms with Crippen LogP contribution in [0.1, 0.15) is 5.82 Å². The maximum Gasteiger partial charge on any atom is 0.130 e. The molecule has 0 aliphatic rings. The third-order valence-electron chi connectivity index (χ3n) is 3.56. The first-order chi connectivity index (χ1) is 12.3. The van der Waals surface area contributed by atoms with Gasteiger partial charge in [0.25, 0.3) is 0 Å². The number of fused-ring (bicyclic) bond motifs is 1. The van der Waals surface area contributed by atoms with Crippen molar-refractivity contribution >= 4 is 34.4 Å². The molecular formula is C19H14ClN3OS. The van der Waals surface area contributed by atoms with Gasteiger partial charge in [-0.3, -0.25) is 0 Å². The van der Waals surface area contributed by atoms with Crippen molar-refractivity contribution in [2.24, 2.45) is 0 Å². The van der Waals surface area contributed by atoms with E-state index in [1.54, 1.807) is 18.0 Å². The first kappa shape index (κ1) is 16.0. The fourth-order valence-corrected chi connectivity index (χ4v) is 3.45. The minimum absolute atomic E-state index is 0.498. The number of nitrogens with zero attached hydrogens (tertiary/aromatic N) is 2. The lowest BCUT2D eigenvalue weighted by atomic mass is 10.3. The fourth-order valence-electron chi connectivity index (χ4n) is 2.42. The minimum atomic E-state index is 0.498. The molecule has 0 amide bonds. The molecule has 0 unspecified atom stereocenters. The molecule has 0 radical (unpaired) electrons. The third kappa shape index (κ3) is 3.95. The highest BCUT2D eigenvalue weighted by Crippen LogP contribution is 2.27. The van der Waals surface area contributed by atoms with Gasteiger partial charge in [-0.15, -0.1) is 11.8 Å². The second-order valence-electron chi connectivity index (χ2n) is 5.38. The summed E-state index contributed by atoms with van der Waals surface area (Å²) in [5.74, 6) is 3.21. The lowest BCUT2D eigenvalue weighted by Gasteiger charge is -2.04. The average Bonchev–Trinajstić information content (AvgIpc) is 3.03. The van der Waals surface area contributed by atoms with E-state index in [4.69, 9.17) is 16.3 Å². The van der Waals surface area contributed by atoms with Crippen LogP contribution in [0.25, 0.3) is 11.0 Å². The number of hydrogen-bond acceptors (Lipinski definition) is 4. The smallest absolute Gasteiger partial charge is 0.130 e. The molecule has 0 aliphatic carbocycles. The molecule has 0 saturated heterocycles. The number of H-pyrrole nitrogens is 1. The molecule has 25 heavy (non-hydrogen) atoms. The monoisotopic (exact) mass is 367 g/mol. The molecule has 2 heterocycles. The summed E-state index contributed by atoms with van der Waals surface area (Å²) in [6, 6.07) is 19.4. The van der Waals surface area contributed by atoms with Crippen LogP contribution in [0.15, 0.2) is 71.8 Å². The quantitative estimate of drug-likeness (QED) is 0.363. The van der Waals surface area contributed by atoms with Crippen LogP contribution < -0.4 is 4.74 Å². The Labute approximate surface area is 154 Å². The van der Waals surface area contributed by atoms with Crippen LogP contribution in [0, 0.1) is 0 Å². The maximum atomic E-state index is 5.91. The highest BCUT2D eigenvalue weighted by atomic mass is 35.5. The van der Waals surface area contributed by atoms with Crippen molar-refractivity contribution < 1.29 is 4.74 Å². The molecule has 124 valence electrons. The largest absolute Gasteiger partial charge is 0.457 e. The Balaban J connectivity index is 1.50. The molecule has 0 saturated carbocycles. The highest BCUT2D eigenvalue weighted by molar-refractivity contribution is 7.98. The van der Waals surface area contributed by atoms with E-state index in [2.05, 4.69) is 15.0 Å². The first-order valence-corrected chi connectivity index (χ1v) is 9.08. The highest BCUT2D eigenvalue weighted by Gasteiger charge is 2.06. The van der Waals surface area contributed by atoms with Crippen LogP contribution in [-0.4, -0.2) is 15.0 Å². The third-order valence-corrected chi connectivity index (χ3v) is 4.77. The van der Waals surface area contributed by atoms with E-state index in [1.807, 2.05) is 60.7 Å². The van der Waals surface area contributed by atoms with Crippen LogP contribution in [-0.2, 0) is 5.75 Å². The Morgan fingerprint density at radius 3 is 2.72 bits per heavy atom. The van der Waals surface area contributed by atoms with Crippen molar-refractivity contribution in [1.29, 1.82) is 0 Å². The Hall–Kier alpha value is -2.50. The van der Waals surface area contributed by atoms with E-state index < -0.39 is 0 Å². The zero-order valence-electron chi connectivity index (χ0n) is 13.1. The van der Waals surface area contributed by atoms with E-state index in [0.29, 0.717) is 5.15 Å². The number of nitrogens with one attached hydrogen (secondary N) is 1.